The number of hydrogen-bond donors (Lipinski definition) is 2. The van der Waals surface area contributed by atoms with Crippen molar-refractivity contribution in [2.45, 2.75) is 26.9 Å². The van der Waals surface area contributed by atoms with Crippen LogP contribution in [0.5, 0.6) is 0 Å². The Hall–Kier alpha value is -1.60. The van der Waals surface area contributed by atoms with Gasteiger partial charge in [0.25, 0.3) is 5.56 Å². The molecule has 2 aromatic rings. The van der Waals surface area contributed by atoms with Gasteiger partial charge in [-0.3, -0.25) is 4.79 Å². The fourth-order valence-electron chi connectivity index (χ4n) is 2.14. The Balaban J connectivity index is 1.96. The number of carbonyl (C=O) groups is 1. The summed E-state index contributed by atoms with van der Waals surface area (Å²) >= 11 is 5.00. The normalized spacial score (nSPS) is 10.5. The number of nitrogens with one attached hydrogen (secondary N) is 2. The highest BCUT2D eigenvalue weighted by Gasteiger charge is 2.12. The van der Waals surface area contributed by atoms with Crippen LogP contribution in [0.3, 0.4) is 0 Å². The van der Waals surface area contributed by atoms with Crippen LogP contribution in [0.2, 0.25) is 0 Å². The number of aryl methyl sites for hydroxylation is 2. The van der Waals surface area contributed by atoms with E-state index in [2.05, 4.69) is 26.2 Å². The second kappa shape index (κ2) is 7.11. The number of aromatic amines is 1. The van der Waals surface area contributed by atoms with Crippen molar-refractivity contribution >= 4 is 33.3 Å². The molecule has 7 heteroatoms. The van der Waals surface area contributed by atoms with Crippen LogP contribution < -0.4 is 10.9 Å². The van der Waals surface area contributed by atoms with Gasteiger partial charge in [0.05, 0.1) is 16.9 Å². The molecule has 2 rings (SSSR count). The zero-order valence-electron chi connectivity index (χ0n) is 12.7. The van der Waals surface area contributed by atoms with Crippen LogP contribution >= 0.6 is 27.3 Å². The first-order valence-electron chi connectivity index (χ1n) is 6.79. The Morgan fingerprint density at radius 1 is 1.41 bits per heavy atom. The third-order valence-electron chi connectivity index (χ3n) is 3.28. The summed E-state index contributed by atoms with van der Waals surface area (Å²) in [6.07, 6.45) is 0. The van der Waals surface area contributed by atoms with Gasteiger partial charge in [-0.2, -0.15) is 0 Å². The molecular formula is C15H18BrN3O2S. The van der Waals surface area contributed by atoms with Crippen molar-refractivity contribution in [3.05, 3.63) is 54.0 Å². The fraction of sp³-hybridized carbons (Fsp3) is 0.333. The number of rotatable bonds is 4. The molecule has 0 aliphatic rings. The average Bonchev–Trinajstić information content (AvgIpc) is 2.82. The van der Waals surface area contributed by atoms with E-state index in [9.17, 15) is 9.59 Å². The molecule has 0 radical (unpaired) electrons. The van der Waals surface area contributed by atoms with Crippen molar-refractivity contribution in [1.29, 1.82) is 0 Å². The summed E-state index contributed by atoms with van der Waals surface area (Å²) in [5, 5.41) is 2.79. The summed E-state index contributed by atoms with van der Waals surface area (Å²) in [5.74, 6) is 0. The SMILES string of the molecule is Cc1cc(C)c(CNC(=O)N(C)Cc2ccc(Br)s2)c(=O)[nH]1. The Morgan fingerprint density at radius 2 is 2.14 bits per heavy atom. The van der Waals surface area contributed by atoms with Gasteiger partial charge in [0, 0.05) is 23.2 Å². The smallest absolute Gasteiger partial charge is 0.317 e. The molecule has 2 heterocycles. The Bertz CT molecular complexity index is 739. The Morgan fingerprint density at radius 3 is 2.73 bits per heavy atom. The van der Waals surface area contributed by atoms with Gasteiger partial charge < -0.3 is 15.2 Å². The van der Waals surface area contributed by atoms with Gasteiger partial charge in [-0.25, -0.2) is 4.79 Å². The Labute approximate surface area is 141 Å². The second-order valence-electron chi connectivity index (χ2n) is 5.16. The first-order chi connectivity index (χ1) is 10.4. The van der Waals surface area contributed by atoms with Crippen LogP contribution in [-0.2, 0) is 13.1 Å². The lowest BCUT2D eigenvalue weighted by molar-refractivity contribution is 0.207. The summed E-state index contributed by atoms with van der Waals surface area (Å²) in [6.45, 7) is 4.46. The summed E-state index contributed by atoms with van der Waals surface area (Å²) in [4.78, 5) is 29.5. The highest BCUT2D eigenvalue weighted by Crippen LogP contribution is 2.22. The van der Waals surface area contributed by atoms with Gasteiger partial charge in [0.15, 0.2) is 0 Å². The maximum Gasteiger partial charge on any atom is 0.317 e. The maximum atomic E-state index is 12.1. The largest absolute Gasteiger partial charge is 0.334 e. The summed E-state index contributed by atoms with van der Waals surface area (Å²) in [7, 11) is 1.73. The van der Waals surface area contributed by atoms with Gasteiger partial charge in [-0.1, -0.05) is 0 Å². The number of halogens is 1. The van der Waals surface area contributed by atoms with E-state index in [-0.39, 0.29) is 18.1 Å². The fourth-order valence-corrected chi connectivity index (χ4v) is 3.68. The summed E-state index contributed by atoms with van der Waals surface area (Å²) < 4.78 is 1.04. The predicted molar refractivity (Wildman–Crippen MR) is 92.3 cm³/mol. The third kappa shape index (κ3) is 4.20. The highest BCUT2D eigenvalue weighted by atomic mass is 79.9. The number of thiophene rings is 1. The minimum atomic E-state index is -0.205. The number of urea groups is 1. The van der Waals surface area contributed by atoms with Gasteiger partial charge in [-0.05, 0) is 53.5 Å². The first kappa shape index (κ1) is 16.8. The molecule has 22 heavy (non-hydrogen) atoms. The molecule has 118 valence electrons. The van der Waals surface area contributed by atoms with Crippen molar-refractivity contribution < 1.29 is 4.79 Å². The molecule has 0 aliphatic carbocycles. The molecule has 0 saturated carbocycles. The van der Waals surface area contributed by atoms with E-state index in [0.29, 0.717) is 12.1 Å². The number of amides is 2. The number of nitrogens with zero attached hydrogens (tertiary/aromatic N) is 1. The monoisotopic (exact) mass is 383 g/mol. The molecule has 0 spiro atoms. The van der Waals surface area contributed by atoms with E-state index in [1.165, 1.54) is 0 Å². The van der Waals surface area contributed by atoms with E-state index in [4.69, 9.17) is 0 Å². The minimum Gasteiger partial charge on any atom is -0.334 e. The lowest BCUT2D eigenvalue weighted by Crippen LogP contribution is -2.37. The Kier molecular flexibility index (Phi) is 5.42. The molecule has 0 saturated heterocycles. The molecule has 0 bridgehead atoms. The standard InChI is InChI=1S/C15H18BrN3O2S/c1-9-6-10(2)18-14(20)12(9)7-17-15(21)19(3)8-11-4-5-13(16)22-11/h4-6H,7-8H2,1-3H3,(H,17,21)(H,18,20). The molecule has 0 fully saturated rings. The van der Waals surface area contributed by atoms with Gasteiger partial charge in [0.1, 0.15) is 0 Å². The van der Waals surface area contributed by atoms with Crippen LogP contribution in [0.25, 0.3) is 0 Å². The predicted octanol–water partition coefficient (Wildman–Crippen LogP) is 3.16. The molecule has 5 nitrogen and oxygen atoms in total. The molecule has 0 aliphatic heterocycles. The lowest BCUT2D eigenvalue weighted by Gasteiger charge is -2.17. The second-order valence-corrected chi connectivity index (χ2v) is 7.71. The van der Waals surface area contributed by atoms with Crippen LogP contribution in [0.15, 0.2) is 26.8 Å². The summed E-state index contributed by atoms with van der Waals surface area (Å²) in [6, 6.07) is 5.63. The maximum absolute atomic E-state index is 12.1. The van der Waals surface area contributed by atoms with Crippen LogP contribution in [0.4, 0.5) is 4.79 Å². The number of pyridine rings is 1. The van der Waals surface area contributed by atoms with Crippen molar-refractivity contribution in [3.8, 4) is 0 Å². The molecule has 2 N–H and O–H groups in total. The van der Waals surface area contributed by atoms with Crippen molar-refractivity contribution in [1.82, 2.24) is 15.2 Å². The molecule has 0 aromatic carbocycles. The van der Waals surface area contributed by atoms with Crippen molar-refractivity contribution in [3.63, 3.8) is 0 Å². The number of carbonyl (C=O) groups excluding carboxylic acids is 1. The van der Waals surface area contributed by atoms with Gasteiger partial charge in [0.2, 0.25) is 0 Å². The molecule has 0 unspecified atom stereocenters. The van der Waals surface area contributed by atoms with Crippen LogP contribution in [0.1, 0.15) is 21.7 Å². The first-order valence-corrected chi connectivity index (χ1v) is 8.40. The number of hydrogen-bond acceptors (Lipinski definition) is 3. The van der Waals surface area contributed by atoms with Crippen LogP contribution in [-0.4, -0.2) is 23.0 Å². The van der Waals surface area contributed by atoms with E-state index in [0.717, 1.165) is 19.9 Å². The van der Waals surface area contributed by atoms with Crippen LogP contribution in [0, 0.1) is 13.8 Å². The van der Waals surface area contributed by atoms with E-state index in [1.54, 1.807) is 23.3 Å². The molecule has 2 amide bonds. The van der Waals surface area contributed by atoms with Gasteiger partial charge in [-0.15, -0.1) is 11.3 Å². The van der Waals surface area contributed by atoms with E-state index < -0.39 is 0 Å². The quantitative estimate of drug-likeness (QED) is 0.851. The topological polar surface area (TPSA) is 65.2 Å². The summed E-state index contributed by atoms with van der Waals surface area (Å²) in [5.41, 5.74) is 2.14. The molecular weight excluding hydrogens is 366 g/mol. The zero-order chi connectivity index (χ0) is 16.3. The molecule has 2 aromatic heterocycles. The molecule has 0 atom stereocenters. The van der Waals surface area contributed by atoms with Crippen molar-refractivity contribution in [2.24, 2.45) is 0 Å². The third-order valence-corrected chi connectivity index (χ3v) is 4.89. The van der Waals surface area contributed by atoms with Crippen molar-refractivity contribution in [2.75, 3.05) is 7.05 Å². The zero-order valence-corrected chi connectivity index (χ0v) is 15.1. The van der Waals surface area contributed by atoms with E-state index >= 15 is 0 Å². The average molecular weight is 384 g/mol. The lowest BCUT2D eigenvalue weighted by atomic mass is 10.1. The highest BCUT2D eigenvalue weighted by molar-refractivity contribution is 9.11. The van der Waals surface area contributed by atoms with Gasteiger partial charge >= 0.3 is 6.03 Å². The van der Waals surface area contributed by atoms with E-state index in [1.807, 2.05) is 32.0 Å². The minimum absolute atomic E-state index is 0.150. The number of aromatic nitrogens is 1. The number of H-pyrrole nitrogens is 1.